The summed E-state index contributed by atoms with van der Waals surface area (Å²) in [6, 6.07) is 7.88. The molecule has 7 heteroatoms. The number of nitrogens with zero attached hydrogens (tertiary/aromatic N) is 1. The molecule has 0 spiro atoms. The number of amides is 1. The zero-order chi connectivity index (χ0) is 15.0. The van der Waals surface area contributed by atoms with Crippen molar-refractivity contribution in [2.75, 3.05) is 5.32 Å². The van der Waals surface area contributed by atoms with Crippen molar-refractivity contribution in [3.05, 3.63) is 59.4 Å². The van der Waals surface area contributed by atoms with Crippen molar-refractivity contribution in [2.24, 2.45) is 0 Å². The predicted octanol–water partition coefficient (Wildman–Crippen LogP) is 3.50. The largest absolute Gasteiger partial charge is 0.354 e. The van der Waals surface area contributed by atoms with Gasteiger partial charge in [-0.05, 0) is 24.3 Å². The average Bonchev–Trinajstić information content (AvgIpc) is 2.87. The standard InChI is InChI=1S/C14H7F3N2O2/c15-8-5-6-9(16)12(17)11(8)14(20)18-13-7-3-1-2-4-10(7)21-19-13/h1-6H,(H,18,19,20). The van der Waals surface area contributed by atoms with Crippen LogP contribution in [0, 0.1) is 17.5 Å². The van der Waals surface area contributed by atoms with Gasteiger partial charge in [-0.2, -0.15) is 0 Å². The fraction of sp³-hybridized carbons (Fsp3) is 0. The van der Waals surface area contributed by atoms with Crippen LogP contribution in [0.25, 0.3) is 11.0 Å². The number of rotatable bonds is 2. The minimum Gasteiger partial charge on any atom is -0.354 e. The van der Waals surface area contributed by atoms with Crippen LogP contribution < -0.4 is 5.32 Å². The van der Waals surface area contributed by atoms with E-state index in [4.69, 9.17) is 4.52 Å². The number of nitrogens with one attached hydrogen (secondary N) is 1. The summed E-state index contributed by atoms with van der Waals surface area (Å²) in [5.74, 6) is -5.19. The van der Waals surface area contributed by atoms with Gasteiger partial charge in [-0.15, -0.1) is 0 Å². The first-order valence-electron chi connectivity index (χ1n) is 5.87. The molecule has 0 fully saturated rings. The van der Waals surface area contributed by atoms with Gasteiger partial charge in [-0.1, -0.05) is 17.3 Å². The van der Waals surface area contributed by atoms with Gasteiger partial charge < -0.3 is 9.84 Å². The van der Waals surface area contributed by atoms with Crippen LogP contribution in [0.1, 0.15) is 10.4 Å². The molecule has 0 aliphatic carbocycles. The highest BCUT2D eigenvalue weighted by molar-refractivity contribution is 6.07. The molecule has 0 radical (unpaired) electrons. The van der Waals surface area contributed by atoms with Crippen LogP contribution in [0.15, 0.2) is 40.9 Å². The molecule has 3 aromatic rings. The van der Waals surface area contributed by atoms with Crippen molar-refractivity contribution in [3.63, 3.8) is 0 Å². The topological polar surface area (TPSA) is 55.1 Å². The Morgan fingerprint density at radius 3 is 2.57 bits per heavy atom. The van der Waals surface area contributed by atoms with Crippen LogP contribution in [0.5, 0.6) is 0 Å². The number of carbonyl (C=O) groups excluding carboxylic acids is 1. The summed E-state index contributed by atoms with van der Waals surface area (Å²) < 4.78 is 45.1. The van der Waals surface area contributed by atoms with E-state index in [0.717, 1.165) is 0 Å². The van der Waals surface area contributed by atoms with Crippen LogP contribution in [0.2, 0.25) is 0 Å². The SMILES string of the molecule is O=C(Nc1noc2ccccc12)c1c(F)ccc(F)c1F. The van der Waals surface area contributed by atoms with Crippen LogP contribution >= 0.6 is 0 Å². The minimum absolute atomic E-state index is 0.00124. The van der Waals surface area contributed by atoms with Crippen molar-refractivity contribution in [1.82, 2.24) is 5.16 Å². The van der Waals surface area contributed by atoms with Crippen LogP contribution in [-0.2, 0) is 0 Å². The number of hydrogen-bond acceptors (Lipinski definition) is 3. The Bertz CT molecular complexity index is 845. The number of carbonyl (C=O) groups is 1. The fourth-order valence-electron chi connectivity index (χ4n) is 1.88. The van der Waals surface area contributed by atoms with Crippen molar-refractivity contribution < 1.29 is 22.5 Å². The highest BCUT2D eigenvalue weighted by atomic mass is 19.2. The highest BCUT2D eigenvalue weighted by Gasteiger charge is 2.22. The van der Waals surface area contributed by atoms with Gasteiger partial charge in [-0.3, -0.25) is 4.79 Å². The monoisotopic (exact) mass is 292 g/mol. The van der Waals surface area contributed by atoms with Crippen molar-refractivity contribution in [3.8, 4) is 0 Å². The van der Waals surface area contributed by atoms with Crippen LogP contribution in [0.4, 0.5) is 19.0 Å². The van der Waals surface area contributed by atoms with E-state index in [-0.39, 0.29) is 5.82 Å². The molecule has 2 aromatic carbocycles. The van der Waals surface area contributed by atoms with E-state index in [1.54, 1.807) is 24.3 Å². The summed E-state index contributed by atoms with van der Waals surface area (Å²) in [7, 11) is 0. The number of hydrogen-bond donors (Lipinski definition) is 1. The lowest BCUT2D eigenvalue weighted by Gasteiger charge is -2.05. The molecule has 1 aromatic heterocycles. The Balaban J connectivity index is 1.99. The molecule has 1 heterocycles. The molecular weight excluding hydrogens is 285 g/mol. The maximum Gasteiger partial charge on any atom is 0.263 e. The lowest BCUT2D eigenvalue weighted by molar-refractivity contribution is 0.101. The van der Waals surface area contributed by atoms with E-state index in [0.29, 0.717) is 23.1 Å². The Hall–Kier alpha value is -2.83. The number of para-hydroxylation sites is 1. The van der Waals surface area contributed by atoms with Gasteiger partial charge in [0, 0.05) is 0 Å². The maximum absolute atomic E-state index is 13.5. The first-order chi connectivity index (χ1) is 10.1. The Morgan fingerprint density at radius 1 is 1.05 bits per heavy atom. The first-order valence-corrected chi connectivity index (χ1v) is 5.87. The average molecular weight is 292 g/mol. The van der Waals surface area contributed by atoms with Gasteiger partial charge in [0.15, 0.2) is 23.0 Å². The molecule has 4 nitrogen and oxygen atoms in total. The summed E-state index contributed by atoms with van der Waals surface area (Å²) in [5, 5.41) is 6.26. The van der Waals surface area contributed by atoms with E-state index in [1.165, 1.54) is 0 Å². The molecule has 21 heavy (non-hydrogen) atoms. The zero-order valence-electron chi connectivity index (χ0n) is 10.4. The zero-order valence-corrected chi connectivity index (χ0v) is 10.4. The summed E-state index contributed by atoms with van der Waals surface area (Å²) in [5.41, 5.74) is -0.616. The third-order valence-electron chi connectivity index (χ3n) is 2.88. The number of aromatic nitrogens is 1. The first kappa shape index (κ1) is 13.2. The number of fused-ring (bicyclic) bond motifs is 1. The van der Waals surface area contributed by atoms with Crippen molar-refractivity contribution >= 4 is 22.7 Å². The summed E-state index contributed by atoms with van der Waals surface area (Å²) in [4.78, 5) is 11.9. The maximum atomic E-state index is 13.5. The Kier molecular flexibility index (Phi) is 3.09. The molecule has 0 atom stereocenters. The third-order valence-corrected chi connectivity index (χ3v) is 2.88. The molecule has 1 N–H and O–H groups in total. The molecule has 3 rings (SSSR count). The van der Waals surface area contributed by atoms with Gasteiger partial charge in [0.2, 0.25) is 0 Å². The predicted molar refractivity (Wildman–Crippen MR) is 68.3 cm³/mol. The molecule has 0 saturated heterocycles. The minimum atomic E-state index is -1.56. The summed E-state index contributed by atoms with van der Waals surface area (Å²) in [6.45, 7) is 0. The second-order valence-electron chi connectivity index (χ2n) is 4.20. The Morgan fingerprint density at radius 2 is 1.76 bits per heavy atom. The molecule has 0 unspecified atom stereocenters. The highest BCUT2D eigenvalue weighted by Crippen LogP contribution is 2.24. The Labute approximate surface area is 116 Å². The lowest BCUT2D eigenvalue weighted by Crippen LogP contribution is -2.17. The van der Waals surface area contributed by atoms with Crippen molar-refractivity contribution in [2.45, 2.75) is 0 Å². The molecular formula is C14H7F3N2O2. The van der Waals surface area contributed by atoms with E-state index in [9.17, 15) is 18.0 Å². The van der Waals surface area contributed by atoms with E-state index >= 15 is 0 Å². The molecule has 0 aliphatic rings. The molecule has 1 amide bonds. The molecule has 0 saturated carbocycles. The molecule has 0 aliphatic heterocycles. The number of benzene rings is 2. The normalized spacial score (nSPS) is 10.8. The van der Waals surface area contributed by atoms with Gasteiger partial charge in [0.05, 0.1) is 5.39 Å². The smallest absolute Gasteiger partial charge is 0.263 e. The van der Waals surface area contributed by atoms with E-state index in [1.807, 2.05) is 0 Å². The second-order valence-corrected chi connectivity index (χ2v) is 4.20. The quantitative estimate of drug-likeness (QED) is 0.735. The van der Waals surface area contributed by atoms with E-state index in [2.05, 4.69) is 10.5 Å². The third kappa shape index (κ3) is 2.22. The summed E-state index contributed by atoms with van der Waals surface area (Å²) >= 11 is 0. The number of anilines is 1. The number of halogens is 3. The van der Waals surface area contributed by atoms with Gasteiger partial charge in [0.25, 0.3) is 5.91 Å². The van der Waals surface area contributed by atoms with Gasteiger partial charge in [0.1, 0.15) is 11.4 Å². The molecule has 0 bridgehead atoms. The van der Waals surface area contributed by atoms with Gasteiger partial charge >= 0.3 is 0 Å². The molecule has 106 valence electrons. The fourth-order valence-corrected chi connectivity index (χ4v) is 1.88. The van der Waals surface area contributed by atoms with E-state index < -0.39 is 28.9 Å². The lowest BCUT2D eigenvalue weighted by atomic mass is 10.1. The van der Waals surface area contributed by atoms with Gasteiger partial charge in [-0.25, -0.2) is 13.2 Å². The summed E-state index contributed by atoms with van der Waals surface area (Å²) in [6.07, 6.45) is 0. The van der Waals surface area contributed by atoms with Crippen LogP contribution in [0.3, 0.4) is 0 Å². The van der Waals surface area contributed by atoms with Crippen molar-refractivity contribution in [1.29, 1.82) is 0 Å². The van der Waals surface area contributed by atoms with Crippen LogP contribution in [-0.4, -0.2) is 11.1 Å². The second kappa shape index (κ2) is 4.93.